The first-order valence-electron chi connectivity index (χ1n) is 10.1. The van der Waals surface area contributed by atoms with E-state index < -0.39 is 0 Å². The average molecular weight is 417 g/mol. The third-order valence-corrected chi connectivity index (χ3v) is 4.83. The Kier molecular flexibility index (Phi) is 6.36. The van der Waals surface area contributed by atoms with Crippen molar-refractivity contribution >= 4 is 0 Å². The van der Waals surface area contributed by atoms with Crippen LogP contribution in [0, 0.1) is 18.3 Å². The molecular weight excluding hydrogens is 394 g/mol. The highest BCUT2D eigenvalue weighted by Crippen LogP contribution is 2.34. The molecule has 2 N–H and O–H groups in total. The molecule has 0 aliphatic carbocycles. The fraction of sp³-hybridized carbons (Fsp3) is 0.304. The predicted octanol–water partition coefficient (Wildman–Crippen LogP) is 3.18. The zero-order chi connectivity index (χ0) is 21.6. The molecule has 158 valence electrons. The molecule has 1 aliphatic heterocycles. The van der Waals surface area contributed by atoms with Gasteiger partial charge in [-0.1, -0.05) is 0 Å². The number of pyridine rings is 1. The Bertz CT molecular complexity index is 1090. The van der Waals surface area contributed by atoms with Gasteiger partial charge >= 0.3 is 0 Å². The molecule has 3 heterocycles. The van der Waals surface area contributed by atoms with Crippen molar-refractivity contribution < 1.29 is 14.2 Å². The van der Waals surface area contributed by atoms with Gasteiger partial charge in [-0.25, -0.2) is 15.0 Å². The fourth-order valence-corrected chi connectivity index (χ4v) is 3.11. The van der Waals surface area contributed by atoms with Crippen LogP contribution in [-0.2, 0) is 11.2 Å². The van der Waals surface area contributed by atoms with Gasteiger partial charge < -0.3 is 19.9 Å². The highest BCUT2D eigenvalue weighted by Gasteiger charge is 2.19. The van der Waals surface area contributed by atoms with Crippen molar-refractivity contribution in [2.75, 3.05) is 19.8 Å². The van der Waals surface area contributed by atoms with E-state index in [-0.39, 0.29) is 6.10 Å². The van der Waals surface area contributed by atoms with Gasteiger partial charge in [-0.2, -0.15) is 5.26 Å². The molecule has 1 saturated heterocycles. The summed E-state index contributed by atoms with van der Waals surface area (Å²) in [5.41, 5.74) is 8.47. The van der Waals surface area contributed by atoms with E-state index in [4.69, 9.17) is 19.9 Å². The number of nitrogens with two attached hydrogens (primary N) is 1. The second-order valence-electron chi connectivity index (χ2n) is 7.25. The second kappa shape index (κ2) is 9.51. The second-order valence-corrected chi connectivity index (χ2v) is 7.25. The van der Waals surface area contributed by atoms with E-state index in [1.807, 2.05) is 6.92 Å². The molecule has 0 amide bonds. The summed E-state index contributed by atoms with van der Waals surface area (Å²) in [5.74, 6) is 1.99. The molecule has 4 rings (SSSR count). The van der Waals surface area contributed by atoms with Crippen LogP contribution < -0.4 is 15.2 Å². The Morgan fingerprint density at radius 1 is 1.23 bits per heavy atom. The molecule has 3 aromatic rings. The van der Waals surface area contributed by atoms with E-state index in [0.29, 0.717) is 53.9 Å². The highest BCUT2D eigenvalue weighted by atomic mass is 16.6. The molecule has 31 heavy (non-hydrogen) atoms. The standard InChI is InChI=1S/C23H23N5O3/c1-15-8-19(10-22(28-15)30-14-18-5-7-29-18)31-21-9-16(11-25)2-3-20(21)23-26-12-17(4-6-24)13-27-23/h2-3,8-10,12-13,18H,4-7,14,24H2,1H3. The molecule has 1 fully saturated rings. The van der Waals surface area contributed by atoms with Gasteiger partial charge in [0.1, 0.15) is 18.1 Å². The van der Waals surface area contributed by atoms with Crippen molar-refractivity contribution in [1.82, 2.24) is 15.0 Å². The molecule has 0 spiro atoms. The molecule has 0 radical (unpaired) electrons. The number of rotatable bonds is 8. The van der Waals surface area contributed by atoms with Crippen molar-refractivity contribution in [3.63, 3.8) is 0 Å². The number of hydrogen-bond donors (Lipinski definition) is 1. The lowest BCUT2D eigenvalue weighted by molar-refractivity contribution is -0.0727. The van der Waals surface area contributed by atoms with Gasteiger partial charge in [0.05, 0.1) is 23.3 Å². The molecule has 1 aromatic carbocycles. The van der Waals surface area contributed by atoms with Gasteiger partial charge in [0, 0.05) is 43.2 Å². The molecule has 0 saturated carbocycles. The lowest BCUT2D eigenvalue weighted by atomic mass is 10.1. The Morgan fingerprint density at radius 2 is 2.03 bits per heavy atom. The minimum atomic E-state index is 0.116. The van der Waals surface area contributed by atoms with Crippen molar-refractivity contribution in [3.8, 4) is 34.8 Å². The van der Waals surface area contributed by atoms with Crippen LogP contribution >= 0.6 is 0 Å². The summed E-state index contributed by atoms with van der Waals surface area (Å²) in [6, 6.07) is 10.8. The fourth-order valence-electron chi connectivity index (χ4n) is 3.11. The smallest absolute Gasteiger partial charge is 0.217 e. The molecule has 1 atom stereocenters. The van der Waals surface area contributed by atoms with Crippen LogP contribution in [0.5, 0.6) is 17.4 Å². The number of hydrogen-bond acceptors (Lipinski definition) is 8. The first-order valence-corrected chi connectivity index (χ1v) is 10.1. The maximum atomic E-state index is 9.33. The highest BCUT2D eigenvalue weighted by molar-refractivity contribution is 5.66. The van der Waals surface area contributed by atoms with E-state index in [2.05, 4.69) is 21.0 Å². The summed E-state index contributed by atoms with van der Waals surface area (Å²) in [4.78, 5) is 13.3. The largest absolute Gasteiger partial charge is 0.475 e. The summed E-state index contributed by atoms with van der Waals surface area (Å²) < 4.78 is 17.3. The van der Waals surface area contributed by atoms with E-state index in [9.17, 15) is 5.26 Å². The SMILES string of the molecule is Cc1cc(Oc2cc(C#N)ccc2-c2ncc(CCN)cn2)cc(OCC2CCO2)n1. The molecule has 0 bridgehead atoms. The molecule has 8 nitrogen and oxygen atoms in total. The van der Waals surface area contributed by atoms with Crippen LogP contribution in [0.25, 0.3) is 11.4 Å². The molecule has 1 aliphatic rings. The normalized spacial score (nSPS) is 15.1. The summed E-state index contributed by atoms with van der Waals surface area (Å²) in [6.45, 7) is 3.63. The zero-order valence-electron chi connectivity index (χ0n) is 17.2. The van der Waals surface area contributed by atoms with Crippen LogP contribution in [0.15, 0.2) is 42.7 Å². The van der Waals surface area contributed by atoms with E-state index >= 15 is 0 Å². The maximum Gasteiger partial charge on any atom is 0.217 e. The summed E-state index contributed by atoms with van der Waals surface area (Å²) >= 11 is 0. The van der Waals surface area contributed by atoms with Crippen molar-refractivity contribution in [3.05, 3.63) is 59.5 Å². The van der Waals surface area contributed by atoms with Gasteiger partial charge in [-0.05, 0) is 43.7 Å². The first-order chi connectivity index (χ1) is 15.1. The Balaban J connectivity index is 1.61. The van der Waals surface area contributed by atoms with E-state index in [1.54, 1.807) is 42.7 Å². The minimum absolute atomic E-state index is 0.116. The molecule has 2 aromatic heterocycles. The van der Waals surface area contributed by atoms with Crippen LogP contribution in [0.1, 0.15) is 23.2 Å². The lowest BCUT2D eigenvalue weighted by Crippen LogP contribution is -2.32. The quantitative estimate of drug-likeness (QED) is 0.594. The summed E-state index contributed by atoms with van der Waals surface area (Å²) in [7, 11) is 0. The zero-order valence-corrected chi connectivity index (χ0v) is 17.2. The van der Waals surface area contributed by atoms with E-state index in [0.717, 1.165) is 24.3 Å². The first kappa shape index (κ1) is 20.7. The Labute approximate surface area is 180 Å². The molecular formula is C23H23N5O3. The monoisotopic (exact) mass is 417 g/mol. The van der Waals surface area contributed by atoms with Gasteiger partial charge in [-0.15, -0.1) is 0 Å². The number of nitrogens with zero attached hydrogens (tertiary/aromatic N) is 4. The van der Waals surface area contributed by atoms with Gasteiger partial charge in [-0.3, -0.25) is 0 Å². The van der Waals surface area contributed by atoms with Gasteiger partial charge in [0.2, 0.25) is 5.88 Å². The number of benzene rings is 1. The Morgan fingerprint density at radius 3 is 2.71 bits per heavy atom. The maximum absolute atomic E-state index is 9.33. The number of nitriles is 1. The number of ether oxygens (including phenoxy) is 3. The third kappa shape index (κ3) is 5.15. The number of aromatic nitrogens is 3. The topological polar surface area (TPSA) is 116 Å². The van der Waals surface area contributed by atoms with Crippen molar-refractivity contribution in [2.24, 2.45) is 5.73 Å². The van der Waals surface area contributed by atoms with Crippen LogP contribution in [-0.4, -0.2) is 40.8 Å². The summed E-state index contributed by atoms with van der Waals surface area (Å²) in [5, 5.41) is 9.33. The Hall–Kier alpha value is -3.54. The third-order valence-electron chi connectivity index (χ3n) is 4.83. The minimum Gasteiger partial charge on any atom is -0.475 e. The predicted molar refractivity (Wildman–Crippen MR) is 114 cm³/mol. The summed E-state index contributed by atoms with van der Waals surface area (Å²) in [6.07, 6.45) is 5.32. The average Bonchev–Trinajstić information content (AvgIpc) is 2.73. The molecule has 8 heteroatoms. The van der Waals surface area contributed by atoms with Gasteiger partial charge in [0.15, 0.2) is 5.82 Å². The number of aryl methyl sites for hydroxylation is 1. The van der Waals surface area contributed by atoms with Crippen LogP contribution in [0.3, 0.4) is 0 Å². The van der Waals surface area contributed by atoms with E-state index in [1.165, 1.54) is 0 Å². The van der Waals surface area contributed by atoms with Crippen LogP contribution in [0.2, 0.25) is 0 Å². The lowest BCUT2D eigenvalue weighted by Gasteiger charge is -2.26. The molecule has 1 unspecified atom stereocenters. The van der Waals surface area contributed by atoms with Crippen LogP contribution in [0.4, 0.5) is 0 Å². The van der Waals surface area contributed by atoms with Crippen molar-refractivity contribution in [2.45, 2.75) is 25.9 Å². The van der Waals surface area contributed by atoms with Crippen molar-refractivity contribution in [1.29, 1.82) is 5.26 Å². The van der Waals surface area contributed by atoms with Gasteiger partial charge in [0.25, 0.3) is 0 Å².